The lowest BCUT2D eigenvalue weighted by Gasteiger charge is -2.12. The summed E-state index contributed by atoms with van der Waals surface area (Å²) in [5.41, 5.74) is 5.43. The number of urea groups is 1. The number of carbonyl (C=O) groups is 2. The average Bonchev–Trinajstić information content (AvgIpc) is 3.02. The average molecular weight is 538 g/mol. The summed E-state index contributed by atoms with van der Waals surface area (Å²) in [6, 6.07) is 21.3. The Morgan fingerprint density at radius 1 is 0.938 bits per heavy atom. The van der Waals surface area contributed by atoms with Crippen molar-refractivity contribution in [2.45, 2.75) is 27.0 Å². The SMILES string of the molecule is Cc1ccc(CN2C(=O)N/C(=C/c3ccc(OCc4cccc(C)c4)c(I)c3)C2=O)cc1. The molecular weight excluding hydrogens is 515 g/mol. The first-order valence-electron chi connectivity index (χ1n) is 10.3. The highest BCUT2D eigenvalue weighted by atomic mass is 127. The third-order valence-electron chi connectivity index (χ3n) is 5.17. The maximum atomic E-state index is 12.8. The smallest absolute Gasteiger partial charge is 0.329 e. The van der Waals surface area contributed by atoms with Crippen LogP contribution in [0.3, 0.4) is 0 Å². The fourth-order valence-corrected chi connectivity index (χ4v) is 4.14. The van der Waals surface area contributed by atoms with E-state index in [4.69, 9.17) is 4.74 Å². The summed E-state index contributed by atoms with van der Waals surface area (Å²) in [5, 5.41) is 2.68. The van der Waals surface area contributed by atoms with Crippen molar-refractivity contribution in [1.82, 2.24) is 10.2 Å². The van der Waals surface area contributed by atoms with Crippen molar-refractivity contribution in [3.63, 3.8) is 0 Å². The predicted molar refractivity (Wildman–Crippen MR) is 133 cm³/mol. The van der Waals surface area contributed by atoms with Gasteiger partial charge in [-0.3, -0.25) is 9.69 Å². The van der Waals surface area contributed by atoms with E-state index in [0.717, 1.165) is 31.6 Å². The Morgan fingerprint density at radius 3 is 2.44 bits per heavy atom. The minimum absolute atomic E-state index is 0.242. The minimum atomic E-state index is -0.408. The van der Waals surface area contributed by atoms with Gasteiger partial charge in [0.15, 0.2) is 0 Å². The van der Waals surface area contributed by atoms with E-state index in [1.54, 1.807) is 6.08 Å². The Hall–Kier alpha value is -3.13. The standard InChI is InChI=1S/C26H23IN2O3/c1-17-6-8-19(9-7-17)15-29-25(30)23(28-26(29)31)14-20-10-11-24(22(27)13-20)32-16-21-5-3-4-18(2)12-21/h3-14H,15-16H2,1-2H3,(H,28,31)/b23-14+. The third-order valence-corrected chi connectivity index (χ3v) is 6.01. The quantitative estimate of drug-likeness (QED) is 0.253. The van der Waals surface area contributed by atoms with Crippen LogP contribution < -0.4 is 10.1 Å². The van der Waals surface area contributed by atoms with Gasteiger partial charge in [0.1, 0.15) is 18.1 Å². The number of rotatable bonds is 6. The van der Waals surface area contributed by atoms with Crippen LogP contribution in [0.4, 0.5) is 4.79 Å². The lowest BCUT2D eigenvalue weighted by molar-refractivity contribution is -0.123. The molecular formula is C26H23IN2O3. The molecule has 32 heavy (non-hydrogen) atoms. The number of carbonyl (C=O) groups excluding carboxylic acids is 2. The number of halogens is 1. The molecule has 1 aliphatic heterocycles. The summed E-state index contributed by atoms with van der Waals surface area (Å²) >= 11 is 2.22. The van der Waals surface area contributed by atoms with Gasteiger partial charge >= 0.3 is 6.03 Å². The van der Waals surface area contributed by atoms with Crippen LogP contribution in [0.1, 0.15) is 27.8 Å². The fraction of sp³-hybridized carbons (Fsp3) is 0.154. The minimum Gasteiger partial charge on any atom is -0.488 e. The highest BCUT2D eigenvalue weighted by molar-refractivity contribution is 14.1. The van der Waals surface area contributed by atoms with Crippen molar-refractivity contribution in [2.24, 2.45) is 0 Å². The van der Waals surface area contributed by atoms with Gasteiger partial charge in [0.05, 0.1) is 10.1 Å². The van der Waals surface area contributed by atoms with Crippen LogP contribution >= 0.6 is 22.6 Å². The second-order valence-corrected chi connectivity index (χ2v) is 8.99. The monoisotopic (exact) mass is 538 g/mol. The molecule has 4 rings (SSSR count). The Morgan fingerprint density at radius 2 is 1.72 bits per heavy atom. The molecule has 0 bridgehead atoms. The second kappa shape index (κ2) is 9.56. The largest absolute Gasteiger partial charge is 0.488 e. The van der Waals surface area contributed by atoms with Gasteiger partial charge in [-0.1, -0.05) is 65.7 Å². The third kappa shape index (κ3) is 5.19. The maximum Gasteiger partial charge on any atom is 0.329 e. The van der Waals surface area contributed by atoms with E-state index in [1.807, 2.05) is 61.5 Å². The summed E-state index contributed by atoms with van der Waals surface area (Å²) in [6.07, 6.45) is 1.70. The molecule has 0 atom stereocenters. The molecule has 1 N–H and O–H groups in total. The highest BCUT2D eigenvalue weighted by Gasteiger charge is 2.33. The van der Waals surface area contributed by atoms with Gasteiger partial charge in [0, 0.05) is 0 Å². The summed E-state index contributed by atoms with van der Waals surface area (Å²) in [7, 11) is 0. The van der Waals surface area contributed by atoms with Gasteiger partial charge in [-0.05, 0) is 71.3 Å². The first-order chi connectivity index (χ1) is 15.4. The van der Waals surface area contributed by atoms with E-state index in [9.17, 15) is 9.59 Å². The second-order valence-electron chi connectivity index (χ2n) is 7.83. The number of ether oxygens (including phenoxy) is 1. The number of imide groups is 1. The van der Waals surface area contributed by atoms with Crippen LogP contribution in [0, 0.1) is 17.4 Å². The number of aryl methyl sites for hydroxylation is 2. The molecule has 1 saturated heterocycles. The summed E-state index contributed by atoms with van der Waals surface area (Å²) in [4.78, 5) is 26.4. The van der Waals surface area contributed by atoms with Gasteiger partial charge in [0.25, 0.3) is 5.91 Å². The van der Waals surface area contributed by atoms with E-state index < -0.39 is 6.03 Å². The number of nitrogens with one attached hydrogen (secondary N) is 1. The molecule has 0 spiro atoms. The molecule has 3 aromatic carbocycles. The van der Waals surface area contributed by atoms with Crippen LogP contribution in [0.25, 0.3) is 6.08 Å². The van der Waals surface area contributed by atoms with Crippen LogP contribution in [-0.2, 0) is 17.9 Å². The molecule has 3 aromatic rings. The normalized spacial score (nSPS) is 14.7. The molecule has 1 fully saturated rings. The van der Waals surface area contributed by atoms with Crippen LogP contribution in [-0.4, -0.2) is 16.8 Å². The number of nitrogens with zero attached hydrogens (tertiary/aromatic N) is 1. The van der Waals surface area contributed by atoms with E-state index in [-0.39, 0.29) is 18.1 Å². The molecule has 1 heterocycles. The van der Waals surface area contributed by atoms with Crippen LogP contribution in [0.5, 0.6) is 5.75 Å². The molecule has 0 radical (unpaired) electrons. The molecule has 162 valence electrons. The van der Waals surface area contributed by atoms with Crippen molar-refractivity contribution in [3.05, 3.63) is 104 Å². The number of amides is 3. The molecule has 0 unspecified atom stereocenters. The molecule has 0 aromatic heterocycles. The zero-order valence-electron chi connectivity index (χ0n) is 17.9. The predicted octanol–water partition coefficient (Wildman–Crippen LogP) is 5.58. The van der Waals surface area contributed by atoms with Crippen molar-refractivity contribution < 1.29 is 14.3 Å². The van der Waals surface area contributed by atoms with E-state index in [0.29, 0.717) is 6.61 Å². The van der Waals surface area contributed by atoms with Gasteiger partial charge in [-0.15, -0.1) is 0 Å². The van der Waals surface area contributed by atoms with Crippen molar-refractivity contribution in [2.75, 3.05) is 0 Å². The van der Waals surface area contributed by atoms with E-state index in [2.05, 4.69) is 47.0 Å². The summed E-state index contributed by atoms with van der Waals surface area (Å²) in [5.74, 6) is 0.447. The maximum absolute atomic E-state index is 12.8. The number of hydrogen-bond donors (Lipinski definition) is 1. The number of benzene rings is 3. The zero-order chi connectivity index (χ0) is 22.7. The zero-order valence-corrected chi connectivity index (χ0v) is 20.0. The van der Waals surface area contributed by atoms with Gasteiger partial charge in [0.2, 0.25) is 0 Å². The number of hydrogen-bond acceptors (Lipinski definition) is 3. The van der Waals surface area contributed by atoms with Gasteiger partial charge in [-0.2, -0.15) is 0 Å². The lowest BCUT2D eigenvalue weighted by Crippen LogP contribution is -2.30. The summed E-state index contributed by atoms with van der Waals surface area (Å²) < 4.78 is 6.89. The molecule has 0 saturated carbocycles. The Bertz CT molecular complexity index is 1200. The van der Waals surface area contributed by atoms with Crippen LogP contribution in [0.2, 0.25) is 0 Å². The molecule has 6 heteroatoms. The van der Waals surface area contributed by atoms with Crippen molar-refractivity contribution >= 4 is 40.6 Å². The lowest BCUT2D eigenvalue weighted by atomic mass is 10.1. The Labute approximate surface area is 201 Å². The fourth-order valence-electron chi connectivity index (χ4n) is 3.44. The van der Waals surface area contributed by atoms with Crippen molar-refractivity contribution in [3.8, 4) is 5.75 Å². The molecule has 5 nitrogen and oxygen atoms in total. The topological polar surface area (TPSA) is 58.6 Å². The molecule has 3 amide bonds. The first-order valence-corrected chi connectivity index (χ1v) is 11.3. The molecule has 1 aliphatic rings. The van der Waals surface area contributed by atoms with Gasteiger partial charge in [-0.25, -0.2) is 4.79 Å². The highest BCUT2D eigenvalue weighted by Crippen LogP contribution is 2.25. The van der Waals surface area contributed by atoms with Gasteiger partial charge < -0.3 is 10.1 Å². The molecule has 0 aliphatic carbocycles. The van der Waals surface area contributed by atoms with E-state index in [1.165, 1.54) is 10.5 Å². The van der Waals surface area contributed by atoms with E-state index >= 15 is 0 Å². The van der Waals surface area contributed by atoms with Crippen molar-refractivity contribution in [1.29, 1.82) is 0 Å². The van der Waals surface area contributed by atoms with Crippen LogP contribution in [0.15, 0.2) is 72.4 Å². The summed E-state index contributed by atoms with van der Waals surface area (Å²) in [6.45, 7) is 4.78. The Kier molecular flexibility index (Phi) is 6.60. The Balaban J connectivity index is 1.45. The first kappa shape index (κ1) is 22.1.